The van der Waals surface area contributed by atoms with E-state index in [0.29, 0.717) is 5.92 Å². The number of hydrogen-bond donors (Lipinski definition) is 1. The number of nitrogens with zero attached hydrogens (tertiary/aromatic N) is 4. The summed E-state index contributed by atoms with van der Waals surface area (Å²) in [5.41, 5.74) is 0.0539. The topological polar surface area (TPSA) is 64.3 Å². The molecule has 4 rings (SSSR count). The Morgan fingerprint density at radius 1 is 1.38 bits per heavy atom. The molecule has 0 amide bonds. The Labute approximate surface area is 127 Å². The average molecular weight is 307 g/mol. The predicted molar refractivity (Wildman–Crippen MR) is 80.7 cm³/mol. The molecule has 0 radical (unpaired) electrons. The van der Waals surface area contributed by atoms with E-state index in [0.717, 1.165) is 49.8 Å². The van der Waals surface area contributed by atoms with E-state index in [9.17, 15) is 0 Å². The van der Waals surface area contributed by atoms with Gasteiger partial charge in [-0.15, -0.1) is 10.2 Å². The highest BCUT2D eigenvalue weighted by Crippen LogP contribution is 2.37. The number of aromatic nitrogens is 4. The molecule has 0 saturated carbocycles. The van der Waals surface area contributed by atoms with Gasteiger partial charge in [-0.2, -0.15) is 9.61 Å². The molecule has 1 unspecified atom stereocenters. The third kappa shape index (κ3) is 2.18. The first kappa shape index (κ1) is 13.6. The second-order valence-corrected chi connectivity index (χ2v) is 6.97. The van der Waals surface area contributed by atoms with Gasteiger partial charge >= 0.3 is 0 Å². The average Bonchev–Trinajstić information content (AvgIpc) is 3.23. The van der Waals surface area contributed by atoms with Gasteiger partial charge in [0.25, 0.3) is 0 Å². The molecule has 2 aliphatic heterocycles. The van der Waals surface area contributed by atoms with Crippen molar-refractivity contribution in [3.8, 4) is 0 Å². The van der Waals surface area contributed by atoms with E-state index >= 15 is 0 Å². The zero-order valence-corrected chi connectivity index (χ0v) is 13.2. The third-order valence-corrected chi connectivity index (χ3v) is 5.96. The maximum Gasteiger partial charge on any atom is 0.234 e. The van der Waals surface area contributed by atoms with Crippen LogP contribution >= 0.6 is 11.3 Å². The second kappa shape index (κ2) is 5.30. The molecule has 0 spiro atoms. The Morgan fingerprint density at radius 3 is 2.95 bits per heavy atom. The Bertz CT molecular complexity index is 624. The molecule has 1 N–H and O–H groups in total. The van der Waals surface area contributed by atoms with Crippen LogP contribution in [0, 0.1) is 0 Å². The largest absolute Gasteiger partial charge is 0.381 e. The van der Waals surface area contributed by atoms with Gasteiger partial charge in [0, 0.05) is 19.1 Å². The smallest absolute Gasteiger partial charge is 0.234 e. The lowest BCUT2D eigenvalue weighted by Crippen LogP contribution is -2.36. The molecule has 7 heteroatoms. The standard InChI is InChI=1S/C14H21N5OS/c1-2-14(6-3-7-15-14)12-18-19-11(16-17-13(19)21-12)10-4-8-20-9-5-10/h10,15H,2-9H2,1H3. The Hall–Kier alpha value is -1.05. The highest BCUT2D eigenvalue weighted by Gasteiger charge is 2.37. The summed E-state index contributed by atoms with van der Waals surface area (Å²) >= 11 is 1.69. The van der Waals surface area contributed by atoms with E-state index in [4.69, 9.17) is 9.84 Å². The van der Waals surface area contributed by atoms with Crippen LogP contribution in [0.5, 0.6) is 0 Å². The lowest BCUT2D eigenvalue weighted by Gasteiger charge is -2.24. The van der Waals surface area contributed by atoms with Gasteiger partial charge in [0.1, 0.15) is 5.01 Å². The van der Waals surface area contributed by atoms with Gasteiger partial charge in [0.2, 0.25) is 4.96 Å². The minimum Gasteiger partial charge on any atom is -0.381 e. The van der Waals surface area contributed by atoms with E-state index in [1.807, 2.05) is 4.52 Å². The fourth-order valence-electron chi connectivity index (χ4n) is 3.48. The van der Waals surface area contributed by atoms with Gasteiger partial charge in [-0.05, 0) is 38.6 Å². The number of nitrogens with one attached hydrogen (secondary N) is 1. The number of ether oxygens (including phenoxy) is 1. The molecule has 2 aromatic rings. The molecule has 2 aromatic heterocycles. The highest BCUT2D eigenvalue weighted by atomic mass is 32.1. The third-order valence-electron chi connectivity index (χ3n) is 4.86. The summed E-state index contributed by atoms with van der Waals surface area (Å²) in [6, 6.07) is 0. The number of hydrogen-bond acceptors (Lipinski definition) is 6. The minimum absolute atomic E-state index is 0.0539. The van der Waals surface area contributed by atoms with E-state index in [1.54, 1.807) is 11.3 Å². The summed E-state index contributed by atoms with van der Waals surface area (Å²) in [4.78, 5) is 0.924. The van der Waals surface area contributed by atoms with Crippen molar-refractivity contribution in [1.82, 2.24) is 25.1 Å². The fourth-order valence-corrected chi connectivity index (χ4v) is 4.59. The van der Waals surface area contributed by atoms with Crippen LogP contribution in [0.2, 0.25) is 0 Å². The monoisotopic (exact) mass is 307 g/mol. The van der Waals surface area contributed by atoms with Crippen LogP contribution in [0.1, 0.15) is 55.8 Å². The lowest BCUT2D eigenvalue weighted by molar-refractivity contribution is 0.0831. The zero-order chi connectivity index (χ0) is 14.3. The van der Waals surface area contributed by atoms with Crippen LogP contribution in [0.15, 0.2) is 0 Å². The minimum atomic E-state index is 0.0539. The quantitative estimate of drug-likeness (QED) is 0.940. The summed E-state index contributed by atoms with van der Waals surface area (Å²) in [6.07, 6.45) is 5.50. The van der Waals surface area contributed by atoms with Crippen molar-refractivity contribution in [2.45, 2.75) is 50.5 Å². The fraction of sp³-hybridized carbons (Fsp3) is 0.786. The highest BCUT2D eigenvalue weighted by molar-refractivity contribution is 7.16. The number of fused-ring (bicyclic) bond motifs is 1. The lowest BCUT2D eigenvalue weighted by atomic mass is 9.95. The van der Waals surface area contributed by atoms with Gasteiger partial charge < -0.3 is 10.1 Å². The Balaban J connectivity index is 1.71. The molecule has 21 heavy (non-hydrogen) atoms. The summed E-state index contributed by atoms with van der Waals surface area (Å²) in [7, 11) is 0. The number of rotatable bonds is 3. The van der Waals surface area contributed by atoms with E-state index in [-0.39, 0.29) is 5.54 Å². The molecule has 0 aromatic carbocycles. The second-order valence-electron chi connectivity index (χ2n) is 6.01. The summed E-state index contributed by atoms with van der Waals surface area (Å²) < 4.78 is 7.42. The van der Waals surface area contributed by atoms with Crippen LogP contribution in [-0.2, 0) is 10.3 Å². The van der Waals surface area contributed by atoms with Crippen molar-refractivity contribution in [3.05, 3.63) is 10.8 Å². The van der Waals surface area contributed by atoms with Gasteiger partial charge in [0.15, 0.2) is 5.82 Å². The van der Waals surface area contributed by atoms with Crippen molar-refractivity contribution >= 4 is 16.3 Å². The predicted octanol–water partition coefficient (Wildman–Crippen LogP) is 2.07. The van der Waals surface area contributed by atoms with Crippen LogP contribution in [0.3, 0.4) is 0 Å². The van der Waals surface area contributed by atoms with E-state index in [1.165, 1.54) is 17.8 Å². The Morgan fingerprint density at radius 2 is 2.24 bits per heavy atom. The maximum atomic E-state index is 5.44. The molecule has 6 nitrogen and oxygen atoms in total. The van der Waals surface area contributed by atoms with E-state index in [2.05, 4.69) is 22.4 Å². The van der Waals surface area contributed by atoms with Crippen molar-refractivity contribution < 1.29 is 4.74 Å². The van der Waals surface area contributed by atoms with Crippen LogP contribution < -0.4 is 5.32 Å². The molecule has 2 aliphatic rings. The molecule has 4 heterocycles. The summed E-state index contributed by atoms with van der Waals surface area (Å²) in [6.45, 7) is 4.95. The van der Waals surface area contributed by atoms with Gasteiger partial charge in [-0.1, -0.05) is 18.3 Å². The normalized spacial score (nSPS) is 27.7. The zero-order valence-electron chi connectivity index (χ0n) is 12.3. The summed E-state index contributed by atoms with van der Waals surface area (Å²) in [5.74, 6) is 1.44. The molecule has 0 bridgehead atoms. The molecular formula is C14H21N5OS. The van der Waals surface area contributed by atoms with Gasteiger partial charge in [0.05, 0.1) is 5.54 Å². The molecular weight excluding hydrogens is 286 g/mol. The molecule has 1 atom stereocenters. The van der Waals surface area contributed by atoms with Crippen molar-refractivity contribution in [2.24, 2.45) is 0 Å². The maximum absolute atomic E-state index is 5.44. The molecule has 2 fully saturated rings. The first-order valence-corrected chi connectivity index (χ1v) is 8.69. The Kier molecular flexibility index (Phi) is 3.43. The van der Waals surface area contributed by atoms with Crippen molar-refractivity contribution in [3.63, 3.8) is 0 Å². The van der Waals surface area contributed by atoms with Crippen molar-refractivity contribution in [1.29, 1.82) is 0 Å². The van der Waals surface area contributed by atoms with Crippen LogP contribution in [0.4, 0.5) is 0 Å². The van der Waals surface area contributed by atoms with E-state index < -0.39 is 0 Å². The first-order valence-electron chi connectivity index (χ1n) is 7.88. The van der Waals surface area contributed by atoms with Crippen molar-refractivity contribution in [2.75, 3.05) is 19.8 Å². The molecule has 0 aliphatic carbocycles. The van der Waals surface area contributed by atoms with Gasteiger partial charge in [-0.25, -0.2) is 0 Å². The van der Waals surface area contributed by atoms with Crippen LogP contribution in [-0.4, -0.2) is 39.6 Å². The first-order chi connectivity index (χ1) is 10.3. The van der Waals surface area contributed by atoms with Crippen LogP contribution in [0.25, 0.3) is 4.96 Å². The SMILES string of the molecule is CCC1(c2nn3c(C4CCOCC4)nnc3s2)CCCN1. The summed E-state index contributed by atoms with van der Waals surface area (Å²) in [5, 5.41) is 18.4. The molecule has 114 valence electrons. The molecule has 2 saturated heterocycles. The van der Waals surface area contributed by atoms with Gasteiger partial charge in [-0.3, -0.25) is 0 Å².